The molecule has 9 heteroatoms. The summed E-state index contributed by atoms with van der Waals surface area (Å²) in [5.41, 5.74) is 2.36. The highest BCUT2D eigenvalue weighted by Gasteiger charge is 2.24. The minimum Gasteiger partial charge on any atom is -0.494 e. The van der Waals surface area contributed by atoms with Gasteiger partial charge in [-0.25, -0.2) is 8.42 Å². The molecule has 0 unspecified atom stereocenters. The van der Waals surface area contributed by atoms with Crippen molar-refractivity contribution in [2.45, 2.75) is 5.03 Å². The number of H-pyrrole nitrogens is 2. The fourth-order valence-corrected chi connectivity index (χ4v) is 3.40. The lowest BCUT2D eigenvalue weighted by Gasteiger charge is -2.26. The van der Waals surface area contributed by atoms with E-state index < -0.39 is 9.84 Å². The molecule has 0 spiro atoms. The molecule has 0 fully saturated rings. The number of fused-ring (bicyclic) bond motifs is 2. The highest BCUT2D eigenvalue weighted by molar-refractivity contribution is 7.90. The van der Waals surface area contributed by atoms with Crippen molar-refractivity contribution in [2.24, 2.45) is 4.99 Å². The van der Waals surface area contributed by atoms with Crippen LogP contribution < -0.4 is 9.64 Å². The van der Waals surface area contributed by atoms with Crippen LogP contribution in [0.1, 0.15) is 5.56 Å². The molecule has 24 heavy (non-hydrogen) atoms. The zero-order valence-corrected chi connectivity index (χ0v) is 13.9. The van der Waals surface area contributed by atoms with Crippen LogP contribution in [-0.4, -0.2) is 49.8 Å². The fraction of sp³-hybridized carbons (Fsp3) is 0.200. The van der Waals surface area contributed by atoms with Gasteiger partial charge in [0.05, 0.1) is 24.5 Å². The topological polar surface area (TPSA) is 103 Å². The largest absolute Gasteiger partial charge is 0.494 e. The molecule has 0 bridgehead atoms. The Balaban J connectivity index is 1.90. The predicted octanol–water partition coefficient (Wildman–Crippen LogP) is 1.83. The van der Waals surface area contributed by atoms with Gasteiger partial charge in [0.15, 0.2) is 9.84 Å². The molecular formula is C15H15N5O3S. The van der Waals surface area contributed by atoms with Crippen molar-refractivity contribution in [2.75, 3.05) is 24.9 Å². The molecule has 124 valence electrons. The van der Waals surface area contributed by atoms with Crippen molar-refractivity contribution in [1.29, 1.82) is 0 Å². The number of aliphatic imine (C=N–C) groups is 1. The molecule has 3 heterocycles. The summed E-state index contributed by atoms with van der Waals surface area (Å²) in [5.74, 6) is 1.32. The maximum absolute atomic E-state index is 11.8. The number of nitrogens with zero attached hydrogens (tertiary/aromatic N) is 3. The van der Waals surface area contributed by atoms with Crippen molar-refractivity contribution < 1.29 is 13.2 Å². The highest BCUT2D eigenvalue weighted by atomic mass is 32.2. The Morgan fingerprint density at radius 1 is 1.29 bits per heavy atom. The summed E-state index contributed by atoms with van der Waals surface area (Å²) in [6, 6.07) is 5.38. The third-order valence-corrected chi connectivity index (χ3v) is 4.97. The Labute approximate surface area is 138 Å². The molecule has 0 saturated carbocycles. The van der Waals surface area contributed by atoms with Crippen molar-refractivity contribution >= 4 is 38.5 Å². The standard InChI is InChI=1S/C15H15N5O3S/c1-23-13-5-11-9(7-17-19-11)3-12(13)20-8-16-6-10-4-14(18-15(10)20)24(2,21)22/h3-7,18H,8H2,1-2H3,(H,17,19). The van der Waals surface area contributed by atoms with Crippen LogP contribution in [-0.2, 0) is 9.84 Å². The van der Waals surface area contributed by atoms with Gasteiger partial charge in [0.1, 0.15) is 23.3 Å². The number of anilines is 2. The Kier molecular flexibility index (Phi) is 3.14. The summed E-state index contributed by atoms with van der Waals surface area (Å²) in [4.78, 5) is 9.19. The Morgan fingerprint density at radius 2 is 2.12 bits per heavy atom. The van der Waals surface area contributed by atoms with Gasteiger partial charge in [-0.3, -0.25) is 10.1 Å². The summed E-state index contributed by atoms with van der Waals surface area (Å²) < 4.78 is 29.1. The molecule has 1 aliphatic heterocycles. The fourth-order valence-electron chi connectivity index (χ4n) is 2.78. The van der Waals surface area contributed by atoms with Gasteiger partial charge in [-0.05, 0) is 12.1 Å². The van der Waals surface area contributed by atoms with Gasteiger partial charge in [0.2, 0.25) is 0 Å². The van der Waals surface area contributed by atoms with Crippen LogP contribution in [0.15, 0.2) is 34.4 Å². The van der Waals surface area contributed by atoms with Gasteiger partial charge in [-0.2, -0.15) is 5.10 Å². The lowest BCUT2D eigenvalue weighted by molar-refractivity contribution is 0.416. The number of aromatic nitrogens is 3. The number of aromatic amines is 2. The lowest BCUT2D eigenvalue weighted by atomic mass is 10.2. The predicted molar refractivity (Wildman–Crippen MR) is 91.1 cm³/mol. The zero-order valence-electron chi connectivity index (χ0n) is 13.1. The van der Waals surface area contributed by atoms with Gasteiger partial charge in [0.25, 0.3) is 0 Å². The average Bonchev–Trinajstić information content (AvgIpc) is 3.18. The Bertz CT molecular complexity index is 1060. The third kappa shape index (κ3) is 2.24. The smallest absolute Gasteiger partial charge is 0.190 e. The monoisotopic (exact) mass is 345 g/mol. The van der Waals surface area contributed by atoms with E-state index in [0.29, 0.717) is 18.2 Å². The summed E-state index contributed by atoms with van der Waals surface area (Å²) in [5, 5.41) is 8.02. The SMILES string of the molecule is COc1cc2[nH]ncc2cc1N1CN=Cc2cc(S(C)(=O)=O)[nH]c21. The third-order valence-electron chi connectivity index (χ3n) is 3.95. The molecule has 0 aliphatic carbocycles. The first-order valence-electron chi connectivity index (χ1n) is 7.19. The van der Waals surface area contributed by atoms with Gasteiger partial charge in [-0.1, -0.05) is 0 Å². The van der Waals surface area contributed by atoms with E-state index in [-0.39, 0.29) is 5.03 Å². The zero-order chi connectivity index (χ0) is 16.9. The van der Waals surface area contributed by atoms with Crippen LogP contribution in [0, 0.1) is 0 Å². The summed E-state index contributed by atoms with van der Waals surface area (Å²) in [7, 11) is -1.74. The summed E-state index contributed by atoms with van der Waals surface area (Å²) in [6.07, 6.45) is 4.56. The Morgan fingerprint density at radius 3 is 2.88 bits per heavy atom. The number of methoxy groups -OCH3 is 1. The van der Waals surface area contributed by atoms with E-state index in [1.807, 2.05) is 17.0 Å². The summed E-state index contributed by atoms with van der Waals surface area (Å²) >= 11 is 0. The molecule has 3 aromatic rings. The van der Waals surface area contributed by atoms with Crippen LogP contribution in [0.25, 0.3) is 10.9 Å². The lowest BCUT2D eigenvalue weighted by Crippen LogP contribution is -2.22. The number of hydrogen-bond acceptors (Lipinski definition) is 6. The van der Waals surface area contributed by atoms with Crippen LogP contribution >= 0.6 is 0 Å². The van der Waals surface area contributed by atoms with E-state index in [0.717, 1.165) is 22.2 Å². The van der Waals surface area contributed by atoms with Crippen LogP contribution in [0.3, 0.4) is 0 Å². The van der Waals surface area contributed by atoms with Gasteiger partial charge in [-0.15, -0.1) is 0 Å². The summed E-state index contributed by atoms with van der Waals surface area (Å²) in [6.45, 7) is 0.358. The second kappa shape index (κ2) is 5.10. The van der Waals surface area contributed by atoms with E-state index in [1.54, 1.807) is 25.6 Å². The minimum atomic E-state index is -3.33. The minimum absolute atomic E-state index is 0.161. The molecule has 0 amide bonds. The molecule has 8 nitrogen and oxygen atoms in total. The number of benzene rings is 1. The van der Waals surface area contributed by atoms with E-state index in [9.17, 15) is 8.42 Å². The first kappa shape index (κ1) is 14.8. The maximum Gasteiger partial charge on any atom is 0.190 e. The molecule has 0 saturated heterocycles. The highest BCUT2D eigenvalue weighted by Crippen LogP contribution is 2.39. The molecule has 0 radical (unpaired) electrons. The molecular weight excluding hydrogens is 330 g/mol. The van der Waals surface area contributed by atoms with Crippen molar-refractivity contribution in [3.8, 4) is 5.75 Å². The van der Waals surface area contributed by atoms with E-state index in [4.69, 9.17) is 4.74 Å². The maximum atomic E-state index is 11.8. The quantitative estimate of drug-likeness (QED) is 0.754. The second-order valence-electron chi connectivity index (χ2n) is 5.57. The normalized spacial score (nSPS) is 14.2. The molecule has 2 N–H and O–H groups in total. The first-order chi connectivity index (χ1) is 11.5. The van der Waals surface area contributed by atoms with Gasteiger partial charge in [0, 0.05) is 29.5 Å². The average molecular weight is 345 g/mol. The van der Waals surface area contributed by atoms with Crippen LogP contribution in [0.4, 0.5) is 11.5 Å². The van der Waals surface area contributed by atoms with E-state index in [1.165, 1.54) is 6.26 Å². The number of rotatable bonds is 3. The molecule has 0 atom stereocenters. The Hall–Kier alpha value is -2.81. The number of ether oxygens (including phenoxy) is 1. The first-order valence-corrected chi connectivity index (χ1v) is 9.08. The van der Waals surface area contributed by atoms with Crippen LogP contribution in [0.2, 0.25) is 0 Å². The van der Waals surface area contributed by atoms with Crippen molar-refractivity contribution in [1.82, 2.24) is 15.2 Å². The van der Waals surface area contributed by atoms with Gasteiger partial charge < -0.3 is 14.6 Å². The number of nitrogens with one attached hydrogen (secondary N) is 2. The van der Waals surface area contributed by atoms with E-state index >= 15 is 0 Å². The van der Waals surface area contributed by atoms with Gasteiger partial charge >= 0.3 is 0 Å². The second-order valence-corrected chi connectivity index (χ2v) is 7.56. The van der Waals surface area contributed by atoms with Crippen molar-refractivity contribution in [3.63, 3.8) is 0 Å². The van der Waals surface area contributed by atoms with E-state index in [2.05, 4.69) is 20.2 Å². The molecule has 1 aliphatic rings. The number of hydrogen-bond donors (Lipinski definition) is 2. The number of sulfone groups is 1. The molecule has 1 aromatic carbocycles. The molecule has 2 aromatic heterocycles. The molecule has 4 rings (SSSR count). The van der Waals surface area contributed by atoms with Crippen LogP contribution in [0.5, 0.6) is 5.75 Å². The van der Waals surface area contributed by atoms with Crippen molar-refractivity contribution in [3.05, 3.63) is 30.0 Å².